The van der Waals surface area contributed by atoms with Crippen LogP contribution in [-0.2, 0) is 23.2 Å². The minimum Gasteiger partial charge on any atom is -0.349 e. The van der Waals surface area contributed by atoms with Gasteiger partial charge in [-0.05, 0) is 49.2 Å². The number of fused-ring (bicyclic) bond motifs is 1. The number of carbonyl (C=O) groups excluding carboxylic acids is 2. The maximum Gasteiger partial charge on any atom is 0.244 e. The summed E-state index contributed by atoms with van der Waals surface area (Å²) in [6, 6.07) is 11.6. The van der Waals surface area contributed by atoms with Crippen LogP contribution in [0.5, 0.6) is 0 Å². The first kappa shape index (κ1) is 18.0. The van der Waals surface area contributed by atoms with Crippen molar-refractivity contribution in [3.8, 4) is 11.4 Å². The second kappa shape index (κ2) is 6.99. The van der Waals surface area contributed by atoms with Gasteiger partial charge in [0.2, 0.25) is 11.8 Å². The zero-order chi connectivity index (χ0) is 19.8. The Labute approximate surface area is 163 Å². The first-order chi connectivity index (χ1) is 13.4. The standard InChI is InChI=1S/C21H23N5O2/c1-14-6-7-16(11-15(14)2)22-19(27)13-25-20-12-17(18-5-4-9-24(18)3)23-26(20)10-8-21(25)28/h4-7,9,11-12H,8,10,13H2,1-3H3,(H,22,27). The number of nitrogens with one attached hydrogen (secondary N) is 1. The van der Waals surface area contributed by atoms with E-state index in [1.165, 1.54) is 10.5 Å². The molecular weight excluding hydrogens is 354 g/mol. The third-order valence-electron chi connectivity index (χ3n) is 5.17. The number of hydrogen-bond donors (Lipinski definition) is 1. The summed E-state index contributed by atoms with van der Waals surface area (Å²) < 4.78 is 3.78. The van der Waals surface area contributed by atoms with Gasteiger partial charge in [0, 0.05) is 31.4 Å². The molecule has 3 aromatic rings. The number of aryl methyl sites for hydroxylation is 4. The molecule has 0 spiro atoms. The van der Waals surface area contributed by atoms with Crippen LogP contribution in [0.1, 0.15) is 17.5 Å². The van der Waals surface area contributed by atoms with Crippen molar-refractivity contribution in [2.75, 3.05) is 16.8 Å². The van der Waals surface area contributed by atoms with Crippen molar-refractivity contribution < 1.29 is 9.59 Å². The second-order valence-corrected chi connectivity index (χ2v) is 7.19. The van der Waals surface area contributed by atoms with Gasteiger partial charge in [-0.25, -0.2) is 4.68 Å². The average Bonchev–Trinajstić information content (AvgIpc) is 3.26. The predicted octanol–water partition coefficient (Wildman–Crippen LogP) is 2.88. The van der Waals surface area contributed by atoms with E-state index in [1.807, 2.05) is 68.1 Å². The number of benzene rings is 1. The highest BCUT2D eigenvalue weighted by atomic mass is 16.2. The van der Waals surface area contributed by atoms with Crippen LogP contribution in [0, 0.1) is 13.8 Å². The summed E-state index contributed by atoms with van der Waals surface area (Å²) in [5.74, 6) is 0.357. The van der Waals surface area contributed by atoms with Gasteiger partial charge in [0.25, 0.3) is 0 Å². The number of rotatable bonds is 4. The summed E-state index contributed by atoms with van der Waals surface area (Å²) in [5.41, 5.74) is 4.76. The first-order valence-corrected chi connectivity index (χ1v) is 9.29. The van der Waals surface area contributed by atoms with E-state index in [0.717, 1.165) is 22.6 Å². The molecule has 2 aromatic heterocycles. The summed E-state index contributed by atoms with van der Waals surface area (Å²) in [6.07, 6.45) is 2.28. The van der Waals surface area contributed by atoms with Crippen LogP contribution in [-0.4, -0.2) is 32.7 Å². The van der Waals surface area contributed by atoms with Crippen molar-refractivity contribution in [2.45, 2.75) is 26.8 Å². The number of aromatic nitrogens is 3. The molecule has 7 heteroatoms. The summed E-state index contributed by atoms with van der Waals surface area (Å²) in [5, 5.41) is 7.51. The van der Waals surface area contributed by atoms with Gasteiger partial charge in [-0.2, -0.15) is 5.10 Å². The molecule has 0 saturated heterocycles. The molecule has 144 valence electrons. The molecule has 0 bridgehead atoms. The van der Waals surface area contributed by atoms with Crippen LogP contribution >= 0.6 is 0 Å². The number of carbonyl (C=O) groups is 2. The van der Waals surface area contributed by atoms with Crippen LogP contribution in [0.15, 0.2) is 42.6 Å². The molecule has 0 aliphatic carbocycles. The van der Waals surface area contributed by atoms with Gasteiger partial charge in [-0.15, -0.1) is 0 Å². The molecule has 0 fully saturated rings. The van der Waals surface area contributed by atoms with Gasteiger partial charge in [0.1, 0.15) is 18.1 Å². The van der Waals surface area contributed by atoms with Gasteiger partial charge in [-0.1, -0.05) is 6.07 Å². The third kappa shape index (κ3) is 3.31. The summed E-state index contributed by atoms with van der Waals surface area (Å²) in [4.78, 5) is 26.6. The van der Waals surface area contributed by atoms with Gasteiger partial charge in [0.05, 0.1) is 12.2 Å². The van der Waals surface area contributed by atoms with Crippen LogP contribution < -0.4 is 10.2 Å². The van der Waals surface area contributed by atoms with Gasteiger partial charge in [-0.3, -0.25) is 14.5 Å². The highest BCUT2D eigenvalue weighted by Gasteiger charge is 2.28. The normalized spacial score (nSPS) is 13.5. The maximum absolute atomic E-state index is 12.6. The van der Waals surface area contributed by atoms with Crippen molar-refractivity contribution in [1.29, 1.82) is 0 Å². The van der Waals surface area contributed by atoms with E-state index in [0.29, 0.717) is 18.8 Å². The lowest BCUT2D eigenvalue weighted by atomic mass is 10.1. The molecule has 1 aromatic carbocycles. The van der Waals surface area contributed by atoms with Crippen molar-refractivity contribution in [3.63, 3.8) is 0 Å². The molecule has 0 radical (unpaired) electrons. The van der Waals surface area contributed by atoms with E-state index >= 15 is 0 Å². The molecule has 0 unspecified atom stereocenters. The average molecular weight is 377 g/mol. The second-order valence-electron chi connectivity index (χ2n) is 7.19. The van der Waals surface area contributed by atoms with E-state index < -0.39 is 0 Å². The van der Waals surface area contributed by atoms with E-state index in [2.05, 4.69) is 10.4 Å². The maximum atomic E-state index is 12.6. The monoisotopic (exact) mass is 377 g/mol. The molecule has 3 heterocycles. The van der Waals surface area contributed by atoms with Crippen LogP contribution in [0.4, 0.5) is 11.5 Å². The van der Waals surface area contributed by atoms with Gasteiger partial charge < -0.3 is 9.88 Å². The Hall–Kier alpha value is -3.35. The lowest BCUT2D eigenvalue weighted by Gasteiger charge is -2.26. The zero-order valence-corrected chi connectivity index (χ0v) is 16.3. The van der Waals surface area contributed by atoms with E-state index in [9.17, 15) is 9.59 Å². The molecule has 1 aliphatic heterocycles. The molecule has 0 saturated carbocycles. The quantitative estimate of drug-likeness (QED) is 0.760. The lowest BCUT2D eigenvalue weighted by molar-refractivity contribution is -0.122. The Balaban J connectivity index is 1.56. The Morgan fingerprint density at radius 2 is 2.00 bits per heavy atom. The van der Waals surface area contributed by atoms with E-state index in [1.54, 1.807) is 4.68 Å². The topological polar surface area (TPSA) is 72.2 Å². The molecule has 0 atom stereocenters. The predicted molar refractivity (Wildman–Crippen MR) is 108 cm³/mol. The number of nitrogens with zero attached hydrogens (tertiary/aromatic N) is 4. The summed E-state index contributed by atoms with van der Waals surface area (Å²) >= 11 is 0. The molecule has 2 amide bonds. The van der Waals surface area contributed by atoms with Crippen LogP contribution in [0.2, 0.25) is 0 Å². The largest absolute Gasteiger partial charge is 0.349 e. The Morgan fingerprint density at radius 3 is 2.71 bits per heavy atom. The first-order valence-electron chi connectivity index (χ1n) is 9.29. The number of anilines is 2. The molecule has 4 rings (SSSR count). The Bertz CT molecular complexity index is 1060. The van der Waals surface area contributed by atoms with Crippen molar-refractivity contribution in [2.24, 2.45) is 7.05 Å². The zero-order valence-electron chi connectivity index (χ0n) is 16.3. The number of amides is 2. The SMILES string of the molecule is Cc1ccc(NC(=O)CN2C(=O)CCn3nc(-c4cccn4C)cc32)cc1C. The van der Waals surface area contributed by atoms with Crippen molar-refractivity contribution >= 4 is 23.3 Å². The lowest BCUT2D eigenvalue weighted by Crippen LogP contribution is -2.42. The molecule has 7 nitrogen and oxygen atoms in total. The third-order valence-corrected chi connectivity index (χ3v) is 5.17. The summed E-state index contributed by atoms with van der Waals surface area (Å²) in [7, 11) is 1.95. The Morgan fingerprint density at radius 1 is 1.18 bits per heavy atom. The minimum absolute atomic E-state index is 0.0377. The van der Waals surface area contributed by atoms with E-state index in [4.69, 9.17) is 0 Å². The van der Waals surface area contributed by atoms with Crippen LogP contribution in [0.3, 0.4) is 0 Å². The Kier molecular flexibility index (Phi) is 4.50. The van der Waals surface area contributed by atoms with Gasteiger partial charge in [0.15, 0.2) is 0 Å². The fourth-order valence-corrected chi connectivity index (χ4v) is 3.44. The van der Waals surface area contributed by atoms with Crippen molar-refractivity contribution in [3.05, 3.63) is 53.7 Å². The van der Waals surface area contributed by atoms with Crippen LogP contribution in [0.25, 0.3) is 11.4 Å². The smallest absolute Gasteiger partial charge is 0.244 e. The summed E-state index contributed by atoms with van der Waals surface area (Å²) in [6.45, 7) is 4.51. The molecular formula is C21H23N5O2. The molecule has 1 N–H and O–H groups in total. The van der Waals surface area contributed by atoms with Gasteiger partial charge >= 0.3 is 0 Å². The number of hydrogen-bond acceptors (Lipinski definition) is 3. The van der Waals surface area contributed by atoms with Crippen molar-refractivity contribution in [1.82, 2.24) is 14.3 Å². The molecule has 28 heavy (non-hydrogen) atoms. The molecule has 1 aliphatic rings. The van der Waals surface area contributed by atoms with E-state index in [-0.39, 0.29) is 18.4 Å². The minimum atomic E-state index is -0.230. The highest BCUT2D eigenvalue weighted by Crippen LogP contribution is 2.28. The fraction of sp³-hybridized carbons (Fsp3) is 0.286. The fourth-order valence-electron chi connectivity index (χ4n) is 3.44. The highest BCUT2D eigenvalue weighted by molar-refractivity contribution is 6.03.